The van der Waals surface area contributed by atoms with E-state index >= 15 is 0 Å². The summed E-state index contributed by atoms with van der Waals surface area (Å²) in [5.74, 6) is 0.669. The number of hydrogen-bond donors (Lipinski definition) is 0. The third-order valence-electron chi connectivity index (χ3n) is 8.64. The molecule has 0 unspecified atom stereocenters. The van der Waals surface area contributed by atoms with E-state index in [1.165, 1.54) is 42.0 Å². The van der Waals surface area contributed by atoms with E-state index in [1.807, 2.05) is 10.7 Å². The van der Waals surface area contributed by atoms with Gasteiger partial charge in [-0.15, -0.1) is 0 Å². The predicted octanol–water partition coefficient (Wildman–Crippen LogP) is 3.34. The summed E-state index contributed by atoms with van der Waals surface area (Å²) in [5, 5.41) is 4.59. The van der Waals surface area contributed by atoms with Crippen molar-refractivity contribution < 1.29 is 4.79 Å². The van der Waals surface area contributed by atoms with Gasteiger partial charge in [0.05, 0.1) is 11.2 Å². The van der Waals surface area contributed by atoms with Crippen LogP contribution in [-0.2, 0) is 4.79 Å². The molecule has 7 nitrogen and oxygen atoms in total. The molecule has 4 aliphatic rings. The number of fused-ring (bicyclic) bond motifs is 3. The normalized spacial score (nSPS) is 24.7. The molecule has 35 heavy (non-hydrogen) atoms. The molecular weight excluding hydrogens is 436 g/mol. The summed E-state index contributed by atoms with van der Waals surface area (Å²) >= 11 is 0. The molecule has 1 aliphatic carbocycles. The van der Waals surface area contributed by atoms with Gasteiger partial charge in [-0.2, -0.15) is 5.10 Å². The quantitative estimate of drug-likeness (QED) is 0.573. The lowest BCUT2D eigenvalue weighted by Crippen LogP contribution is -2.49. The van der Waals surface area contributed by atoms with Gasteiger partial charge in [0.15, 0.2) is 0 Å². The van der Waals surface area contributed by atoms with Crippen molar-refractivity contribution in [3.63, 3.8) is 0 Å². The number of aromatic nitrogens is 2. The number of rotatable bonds is 5. The van der Waals surface area contributed by atoms with Crippen molar-refractivity contribution in [3.8, 4) is 11.1 Å². The van der Waals surface area contributed by atoms with E-state index in [9.17, 15) is 4.79 Å². The topological polar surface area (TPSA) is 47.3 Å². The van der Waals surface area contributed by atoms with Crippen molar-refractivity contribution in [3.05, 3.63) is 48.8 Å². The third kappa shape index (κ3) is 3.68. The number of likely N-dealkylation sites (N-methyl/N-ethyl adjacent to an activating group) is 1. The van der Waals surface area contributed by atoms with Gasteiger partial charge in [0, 0.05) is 80.9 Å². The minimum absolute atomic E-state index is 0.306. The fourth-order valence-corrected chi connectivity index (χ4v) is 6.48. The Morgan fingerprint density at radius 2 is 1.77 bits per heavy atom. The molecule has 1 saturated carbocycles. The zero-order valence-corrected chi connectivity index (χ0v) is 20.5. The fraction of sp³-hybridized carbons (Fsp3) is 0.500. The highest BCUT2D eigenvalue weighted by Crippen LogP contribution is 2.36. The van der Waals surface area contributed by atoms with Gasteiger partial charge in [-0.25, -0.2) is 4.52 Å². The number of carbonyl (C=O) groups is 1. The highest BCUT2D eigenvalue weighted by atomic mass is 16.2. The number of nitrogens with zero attached hydrogens (tertiary/aromatic N) is 6. The average Bonchev–Trinajstić information content (AvgIpc) is 3.34. The second-order valence-electron chi connectivity index (χ2n) is 10.7. The summed E-state index contributed by atoms with van der Waals surface area (Å²) in [6, 6.07) is 14.9. The Kier molecular flexibility index (Phi) is 5.01. The van der Waals surface area contributed by atoms with Crippen molar-refractivity contribution in [2.75, 3.05) is 55.6 Å². The lowest BCUT2D eigenvalue weighted by Gasteiger charge is -2.36. The molecular formula is C28H34N6O. The number of benzene rings is 1. The molecule has 1 aromatic carbocycles. The Labute approximate surface area is 206 Å². The molecule has 3 saturated heterocycles. The van der Waals surface area contributed by atoms with Gasteiger partial charge in [-0.05, 0) is 55.6 Å². The first-order valence-corrected chi connectivity index (χ1v) is 13.3. The van der Waals surface area contributed by atoms with Gasteiger partial charge in [0.1, 0.15) is 0 Å². The minimum Gasteiger partial charge on any atom is -0.366 e. The van der Waals surface area contributed by atoms with Crippen LogP contribution in [0.5, 0.6) is 0 Å². The minimum atomic E-state index is 0.306. The molecule has 7 rings (SSSR count). The second kappa shape index (κ2) is 8.26. The lowest BCUT2D eigenvalue weighted by molar-refractivity contribution is -0.132. The summed E-state index contributed by atoms with van der Waals surface area (Å²) in [5.41, 5.74) is 6.10. The van der Waals surface area contributed by atoms with E-state index in [2.05, 4.69) is 74.2 Å². The molecule has 0 spiro atoms. The molecule has 1 amide bonds. The van der Waals surface area contributed by atoms with E-state index in [1.54, 1.807) is 0 Å². The summed E-state index contributed by atoms with van der Waals surface area (Å²) in [6.45, 7) is 9.17. The van der Waals surface area contributed by atoms with Crippen molar-refractivity contribution >= 4 is 22.8 Å². The van der Waals surface area contributed by atoms with Gasteiger partial charge in [0.25, 0.3) is 0 Å². The standard InChI is InChI=1S/C28H34N6O/c1-2-30-18-25-16-24(30)19-33(25)23-7-5-20(6-8-23)22-15-27-26(9-10-29-34(27)17-22)31-11-13-32(14-12-31)28(35)21-3-4-21/h5-10,15,17,21,24-25H,2-4,11-14,16,18-19H2,1H3/t24-,25-/m0/s1. The first-order chi connectivity index (χ1) is 17.2. The third-order valence-corrected chi connectivity index (χ3v) is 8.64. The molecule has 3 aliphatic heterocycles. The van der Waals surface area contributed by atoms with E-state index in [-0.39, 0.29) is 0 Å². The van der Waals surface area contributed by atoms with E-state index < -0.39 is 0 Å². The second-order valence-corrected chi connectivity index (χ2v) is 10.7. The lowest BCUT2D eigenvalue weighted by atomic mass is 10.1. The Hall–Kier alpha value is -3.06. The Bertz CT molecular complexity index is 1240. The van der Waals surface area contributed by atoms with Crippen LogP contribution in [-0.4, -0.2) is 83.2 Å². The highest BCUT2D eigenvalue weighted by Gasteiger charge is 2.42. The van der Waals surface area contributed by atoms with Crippen molar-refractivity contribution in [1.29, 1.82) is 0 Å². The van der Waals surface area contributed by atoms with Gasteiger partial charge in [-0.3, -0.25) is 9.69 Å². The van der Waals surface area contributed by atoms with E-state index in [0.29, 0.717) is 17.9 Å². The Morgan fingerprint density at radius 3 is 2.46 bits per heavy atom. The summed E-state index contributed by atoms with van der Waals surface area (Å²) < 4.78 is 2.00. The van der Waals surface area contributed by atoms with Crippen molar-refractivity contribution in [2.24, 2.45) is 5.92 Å². The maximum absolute atomic E-state index is 12.4. The van der Waals surface area contributed by atoms with Gasteiger partial charge in [-0.1, -0.05) is 19.1 Å². The van der Waals surface area contributed by atoms with Gasteiger partial charge in [0.2, 0.25) is 5.91 Å². The number of likely N-dealkylation sites (tertiary alicyclic amines) is 1. The molecule has 2 bridgehead atoms. The van der Waals surface area contributed by atoms with Crippen LogP contribution in [0.4, 0.5) is 11.4 Å². The average molecular weight is 471 g/mol. The molecule has 3 aromatic rings. The molecule has 7 heteroatoms. The molecule has 2 aromatic heterocycles. The number of carbonyl (C=O) groups excluding carboxylic acids is 1. The van der Waals surface area contributed by atoms with E-state index in [4.69, 9.17) is 0 Å². The van der Waals surface area contributed by atoms with Crippen LogP contribution in [0.25, 0.3) is 16.6 Å². The number of piperazine rings is 2. The Morgan fingerprint density at radius 1 is 0.971 bits per heavy atom. The number of amides is 1. The molecule has 5 heterocycles. The largest absolute Gasteiger partial charge is 0.366 e. The maximum atomic E-state index is 12.4. The molecule has 2 atom stereocenters. The zero-order valence-electron chi connectivity index (χ0n) is 20.5. The van der Waals surface area contributed by atoms with Gasteiger partial charge < -0.3 is 14.7 Å². The van der Waals surface area contributed by atoms with Gasteiger partial charge >= 0.3 is 0 Å². The first kappa shape index (κ1) is 21.2. The molecule has 182 valence electrons. The summed E-state index contributed by atoms with van der Waals surface area (Å²) in [6.07, 6.45) is 7.48. The predicted molar refractivity (Wildman–Crippen MR) is 139 cm³/mol. The van der Waals surface area contributed by atoms with Crippen molar-refractivity contribution in [1.82, 2.24) is 19.4 Å². The maximum Gasteiger partial charge on any atom is 0.225 e. The van der Waals surface area contributed by atoms with Crippen LogP contribution in [0, 0.1) is 5.92 Å². The Balaban J connectivity index is 1.09. The van der Waals surface area contributed by atoms with Crippen LogP contribution in [0.15, 0.2) is 48.8 Å². The summed E-state index contributed by atoms with van der Waals surface area (Å²) in [7, 11) is 0. The SMILES string of the molecule is CCN1C[C@@H]2C[C@H]1CN2c1ccc(-c2cc3c(N4CCN(C(=O)C5CC5)CC4)ccnn3c2)cc1. The van der Waals surface area contributed by atoms with Crippen LogP contribution >= 0.6 is 0 Å². The first-order valence-electron chi connectivity index (χ1n) is 13.3. The van der Waals surface area contributed by atoms with Crippen molar-refractivity contribution in [2.45, 2.75) is 38.3 Å². The van der Waals surface area contributed by atoms with Crippen LogP contribution in [0.1, 0.15) is 26.2 Å². The smallest absolute Gasteiger partial charge is 0.225 e. The molecule has 4 fully saturated rings. The van der Waals surface area contributed by atoms with E-state index in [0.717, 1.165) is 57.1 Å². The van der Waals surface area contributed by atoms with Crippen LogP contribution in [0.3, 0.4) is 0 Å². The number of hydrogen-bond acceptors (Lipinski definition) is 5. The summed E-state index contributed by atoms with van der Waals surface area (Å²) in [4.78, 5) is 22.1. The number of anilines is 2. The monoisotopic (exact) mass is 470 g/mol. The molecule has 0 N–H and O–H groups in total. The van der Waals surface area contributed by atoms with Crippen LogP contribution < -0.4 is 9.80 Å². The molecule has 0 radical (unpaired) electrons. The van der Waals surface area contributed by atoms with Crippen LogP contribution in [0.2, 0.25) is 0 Å². The fourth-order valence-electron chi connectivity index (χ4n) is 6.48. The highest BCUT2D eigenvalue weighted by molar-refractivity contribution is 5.82. The zero-order chi connectivity index (χ0) is 23.5.